The zero-order valence-corrected chi connectivity index (χ0v) is 13.3. The van der Waals surface area contributed by atoms with E-state index in [2.05, 4.69) is 31.2 Å². The topological polar surface area (TPSA) is 78.1 Å². The number of rotatable bonds is 2. The van der Waals surface area contributed by atoms with Gasteiger partial charge in [0.1, 0.15) is 0 Å². The molecule has 0 saturated carbocycles. The van der Waals surface area contributed by atoms with Gasteiger partial charge in [-0.1, -0.05) is 6.07 Å². The highest BCUT2D eigenvalue weighted by Gasteiger charge is 2.29. The van der Waals surface area contributed by atoms with Crippen molar-refractivity contribution in [3.63, 3.8) is 0 Å². The van der Waals surface area contributed by atoms with E-state index in [1.807, 2.05) is 17.0 Å². The van der Waals surface area contributed by atoms with Crippen LogP contribution < -0.4 is 10.9 Å². The molecule has 0 spiro atoms. The highest BCUT2D eigenvalue weighted by Crippen LogP contribution is 2.23. The standard InChI is InChI=1S/C15H15BrN4O2/c16-12-6-11(8-19-14(12)21)15(22)20-5-4-18-9-13(20)10-2-1-3-17-7-10/h1-3,6-8,13,18H,4-5,9H2,(H,19,21). The molecule has 22 heavy (non-hydrogen) atoms. The third kappa shape index (κ3) is 2.95. The molecule has 6 nitrogen and oxygen atoms in total. The predicted molar refractivity (Wildman–Crippen MR) is 85.6 cm³/mol. The summed E-state index contributed by atoms with van der Waals surface area (Å²) in [7, 11) is 0. The lowest BCUT2D eigenvalue weighted by Gasteiger charge is -2.36. The third-order valence-electron chi connectivity index (χ3n) is 3.68. The summed E-state index contributed by atoms with van der Waals surface area (Å²) in [6.07, 6.45) is 4.95. The van der Waals surface area contributed by atoms with Crippen molar-refractivity contribution >= 4 is 21.8 Å². The Kier molecular flexibility index (Phi) is 4.35. The van der Waals surface area contributed by atoms with E-state index < -0.39 is 0 Å². The van der Waals surface area contributed by atoms with Gasteiger partial charge in [-0.2, -0.15) is 0 Å². The fraction of sp³-hybridized carbons (Fsp3) is 0.267. The molecule has 3 heterocycles. The number of H-pyrrole nitrogens is 1. The van der Waals surface area contributed by atoms with Gasteiger partial charge >= 0.3 is 0 Å². The molecule has 1 amide bonds. The van der Waals surface area contributed by atoms with Crippen molar-refractivity contribution in [2.24, 2.45) is 0 Å². The van der Waals surface area contributed by atoms with Gasteiger partial charge in [0, 0.05) is 38.2 Å². The van der Waals surface area contributed by atoms with Gasteiger partial charge < -0.3 is 15.2 Å². The van der Waals surface area contributed by atoms with Crippen LogP contribution in [0.4, 0.5) is 0 Å². The van der Waals surface area contributed by atoms with Gasteiger partial charge in [-0.3, -0.25) is 14.6 Å². The zero-order chi connectivity index (χ0) is 15.5. The summed E-state index contributed by atoms with van der Waals surface area (Å²) in [6, 6.07) is 5.32. The van der Waals surface area contributed by atoms with E-state index >= 15 is 0 Å². The minimum Gasteiger partial charge on any atom is -0.329 e. The first kappa shape index (κ1) is 14.9. The smallest absolute Gasteiger partial charge is 0.262 e. The van der Waals surface area contributed by atoms with Gasteiger partial charge in [0.25, 0.3) is 11.5 Å². The average molecular weight is 363 g/mol. The fourth-order valence-electron chi connectivity index (χ4n) is 2.56. The molecule has 114 valence electrons. The second kappa shape index (κ2) is 6.41. The Hall–Kier alpha value is -1.99. The van der Waals surface area contributed by atoms with Crippen LogP contribution >= 0.6 is 15.9 Å². The Morgan fingerprint density at radius 1 is 1.45 bits per heavy atom. The van der Waals surface area contributed by atoms with E-state index in [1.54, 1.807) is 18.5 Å². The Bertz CT molecular complexity index is 732. The summed E-state index contributed by atoms with van der Waals surface area (Å²) < 4.78 is 0.353. The molecule has 1 aliphatic rings. The van der Waals surface area contributed by atoms with E-state index in [4.69, 9.17) is 0 Å². The quantitative estimate of drug-likeness (QED) is 0.844. The van der Waals surface area contributed by atoms with Gasteiger partial charge in [-0.15, -0.1) is 0 Å². The molecule has 1 unspecified atom stereocenters. The molecule has 2 aromatic rings. The number of nitrogens with one attached hydrogen (secondary N) is 2. The van der Waals surface area contributed by atoms with E-state index in [0.717, 1.165) is 12.1 Å². The van der Waals surface area contributed by atoms with Crippen molar-refractivity contribution in [1.29, 1.82) is 0 Å². The average Bonchev–Trinajstić information content (AvgIpc) is 2.57. The van der Waals surface area contributed by atoms with Gasteiger partial charge in [-0.25, -0.2) is 0 Å². The molecule has 0 aliphatic carbocycles. The molecule has 1 fully saturated rings. The molecule has 0 aromatic carbocycles. The van der Waals surface area contributed by atoms with E-state index in [-0.39, 0.29) is 17.5 Å². The molecule has 0 radical (unpaired) electrons. The van der Waals surface area contributed by atoms with E-state index in [0.29, 0.717) is 23.1 Å². The monoisotopic (exact) mass is 362 g/mol. The van der Waals surface area contributed by atoms with Gasteiger partial charge in [-0.05, 0) is 33.6 Å². The van der Waals surface area contributed by atoms with Crippen molar-refractivity contribution in [2.75, 3.05) is 19.6 Å². The number of nitrogens with zero attached hydrogens (tertiary/aromatic N) is 2. The number of hydrogen-bond donors (Lipinski definition) is 2. The second-order valence-electron chi connectivity index (χ2n) is 5.07. The van der Waals surface area contributed by atoms with Gasteiger partial charge in [0.2, 0.25) is 0 Å². The van der Waals surface area contributed by atoms with E-state index in [1.165, 1.54) is 6.20 Å². The van der Waals surface area contributed by atoms with Crippen LogP contribution in [0.5, 0.6) is 0 Å². The van der Waals surface area contributed by atoms with Crippen LogP contribution in [0, 0.1) is 0 Å². The Morgan fingerprint density at radius 2 is 2.32 bits per heavy atom. The molecule has 2 N–H and O–H groups in total. The van der Waals surface area contributed by atoms with Crippen molar-refractivity contribution in [2.45, 2.75) is 6.04 Å². The highest BCUT2D eigenvalue weighted by atomic mass is 79.9. The van der Waals surface area contributed by atoms with Crippen LogP contribution in [0.1, 0.15) is 22.0 Å². The van der Waals surface area contributed by atoms with Gasteiger partial charge in [0.15, 0.2) is 0 Å². The first-order chi connectivity index (χ1) is 10.7. The fourth-order valence-corrected chi connectivity index (χ4v) is 2.92. The summed E-state index contributed by atoms with van der Waals surface area (Å²) in [5, 5.41) is 3.30. The minimum absolute atomic E-state index is 0.0688. The number of aromatic amines is 1. The number of carbonyl (C=O) groups excluding carboxylic acids is 1. The molecule has 1 saturated heterocycles. The molecular formula is C15H15BrN4O2. The maximum absolute atomic E-state index is 12.8. The van der Waals surface area contributed by atoms with Crippen molar-refractivity contribution in [1.82, 2.24) is 20.2 Å². The van der Waals surface area contributed by atoms with Crippen LogP contribution in [-0.2, 0) is 0 Å². The Labute approximate surface area is 135 Å². The molecular weight excluding hydrogens is 348 g/mol. The summed E-state index contributed by atoms with van der Waals surface area (Å²) in [4.78, 5) is 32.7. The molecule has 2 aromatic heterocycles. The van der Waals surface area contributed by atoms with Gasteiger partial charge in [0.05, 0.1) is 16.1 Å². The minimum atomic E-state index is -0.249. The first-order valence-corrected chi connectivity index (χ1v) is 7.76. The van der Waals surface area contributed by atoms with Crippen LogP contribution in [0.15, 0.2) is 46.1 Å². The third-order valence-corrected chi connectivity index (χ3v) is 4.27. The lowest BCUT2D eigenvalue weighted by molar-refractivity contribution is 0.0633. The lowest BCUT2D eigenvalue weighted by Crippen LogP contribution is -2.48. The molecule has 3 rings (SSSR count). The van der Waals surface area contributed by atoms with Crippen LogP contribution in [-0.4, -0.2) is 40.4 Å². The van der Waals surface area contributed by atoms with Crippen molar-refractivity contribution in [3.05, 3.63) is 62.7 Å². The maximum atomic E-state index is 12.8. The SMILES string of the molecule is O=C(c1c[nH]c(=O)c(Br)c1)N1CCNCC1c1cccnc1. The number of piperazine rings is 1. The van der Waals surface area contributed by atoms with Crippen LogP contribution in [0.25, 0.3) is 0 Å². The summed E-state index contributed by atoms with van der Waals surface area (Å²) in [5.74, 6) is -0.104. The van der Waals surface area contributed by atoms with E-state index in [9.17, 15) is 9.59 Å². The normalized spacial score (nSPS) is 18.2. The number of halogens is 1. The summed E-state index contributed by atoms with van der Waals surface area (Å²) in [6.45, 7) is 2.03. The molecule has 1 aliphatic heterocycles. The Morgan fingerprint density at radius 3 is 3.05 bits per heavy atom. The zero-order valence-electron chi connectivity index (χ0n) is 11.8. The molecule has 0 bridgehead atoms. The van der Waals surface area contributed by atoms with Crippen molar-refractivity contribution in [3.8, 4) is 0 Å². The number of aromatic nitrogens is 2. The number of pyridine rings is 2. The summed E-state index contributed by atoms with van der Waals surface area (Å²) in [5.41, 5.74) is 1.20. The number of amides is 1. The summed E-state index contributed by atoms with van der Waals surface area (Å²) >= 11 is 3.16. The second-order valence-corrected chi connectivity index (χ2v) is 5.92. The highest BCUT2D eigenvalue weighted by molar-refractivity contribution is 9.10. The maximum Gasteiger partial charge on any atom is 0.262 e. The predicted octanol–water partition coefficient (Wildman–Crippen LogP) is 1.32. The van der Waals surface area contributed by atoms with Crippen molar-refractivity contribution < 1.29 is 4.79 Å². The number of carbonyl (C=O) groups is 1. The van der Waals surface area contributed by atoms with Crippen LogP contribution in [0.2, 0.25) is 0 Å². The molecule has 7 heteroatoms. The first-order valence-electron chi connectivity index (χ1n) is 6.96. The largest absolute Gasteiger partial charge is 0.329 e. The number of hydrogen-bond acceptors (Lipinski definition) is 4. The lowest BCUT2D eigenvalue weighted by atomic mass is 10.0. The molecule has 1 atom stereocenters. The van der Waals surface area contributed by atoms with Crippen LogP contribution in [0.3, 0.4) is 0 Å². The Balaban J connectivity index is 1.91.